The summed E-state index contributed by atoms with van der Waals surface area (Å²) in [5.41, 5.74) is 1.67. The molecule has 1 aromatic heterocycles. The third-order valence-electron chi connectivity index (χ3n) is 4.71. The predicted molar refractivity (Wildman–Crippen MR) is 96.1 cm³/mol. The summed E-state index contributed by atoms with van der Waals surface area (Å²) in [5, 5.41) is 5.86. The molecule has 7 nitrogen and oxygen atoms in total. The average Bonchev–Trinajstić information content (AvgIpc) is 3.23. The fourth-order valence-corrected chi connectivity index (χ4v) is 3.04. The quantitative estimate of drug-likeness (QED) is 0.732. The van der Waals surface area contributed by atoms with Crippen LogP contribution in [0.25, 0.3) is 0 Å². The molecule has 1 aliphatic carbocycles. The maximum atomic E-state index is 12.7. The highest BCUT2D eigenvalue weighted by atomic mass is 16.5. The van der Waals surface area contributed by atoms with Crippen molar-refractivity contribution in [3.05, 3.63) is 54.0 Å². The number of nitrogens with zero attached hydrogens (tertiary/aromatic N) is 2. The lowest BCUT2D eigenvalue weighted by molar-refractivity contribution is -0.154. The zero-order chi connectivity index (χ0) is 18.8. The third-order valence-corrected chi connectivity index (χ3v) is 4.71. The number of esters is 1. The molecule has 1 amide bonds. The monoisotopic (exact) mass is 368 g/mol. The summed E-state index contributed by atoms with van der Waals surface area (Å²) >= 11 is 0. The van der Waals surface area contributed by atoms with Crippen LogP contribution in [0.2, 0.25) is 0 Å². The van der Waals surface area contributed by atoms with E-state index in [-0.39, 0.29) is 30.4 Å². The number of ether oxygens (including phenoxy) is 2. The van der Waals surface area contributed by atoms with Crippen LogP contribution >= 0.6 is 0 Å². The zero-order valence-electron chi connectivity index (χ0n) is 15.0. The summed E-state index contributed by atoms with van der Waals surface area (Å²) < 4.78 is 15.8. The number of furan rings is 1. The molecule has 4 rings (SSSR count). The minimum Gasteiger partial charge on any atom is -0.497 e. The van der Waals surface area contributed by atoms with Crippen molar-refractivity contribution in [3.63, 3.8) is 0 Å². The standard InChI is InChI=1S/C20H20N2O5/c1-25-15-8-6-13(7-9-15)16-11-17(18-3-2-10-26-18)22(21-16)19(23)12-27-20(24)14-4-5-14/h2-3,6-10,14,17H,4-5,11-12H2,1H3/t17-/m1/s1. The van der Waals surface area contributed by atoms with E-state index in [2.05, 4.69) is 5.10 Å². The molecule has 0 radical (unpaired) electrons. The molecule has 0 saturated heterocycles. The van der Waals surface area contributed by atoms with E-state index in [1.807, 2.05) is 30.3 Å². The number of amides is 1. The lowest BCUT2D eigenvalue weighted by atomic mass is 10.0. The number of rotatable bonds is 6. The molecule has 0 N–H and O–H groups in total. The third kappa shape index (κ3) is 3.72. The molecule has 1 saturated carbocycles. The van der Waals surface area contributed by atoms with Gasteiger partial charge in [-0.25, -0.2) is 5.01 Å². The molecule has 0 bridgehead atoms. The maximum absolute atomic E-state index is 12.7. The maximum Gasteiger partial charge on any atom is 0.309 e. The van der Waals surface area contributed by atoms with Gasteiger partial charge in [0.2, 0.25) is 0 Å². The van der Waals surface area contributed by atoms with Crippen LogP contribution in [0.5, 0.6) is 5.75 Å². The Morgan fingerprint density at radius 3 is 2.63 bits per heavy atom. The molecule has 1 aliphatic heterocycles. The number of carbonyl (C=O) groups excluding carboxylic acids is 2. The van der Waals surface area contributed by atoms with Gasteiger partial charge < -0.3 is 13.9 Å². The van der Waals surface area contributed by atoms with Crippen LogP contribution in [0, 0.1) is 5.92 Å². The first-order valence-electron chi connectivity index (χ1n) is 8.89. The van der Waals surface area contributed by atoms with E-state index < -0.39 is 0 Å². The highest BCUT2D eigenvalue weighted by Crippen LogP contribution is 2.34. The van der Waals surface area contributed by atoms with Gasteiger partial charge in [-0.3, -0.25) is 9.59 Å². The van der Waals surface area contributed by atoms with Gasteiger partial charge in [0.15, 0.2) is 6.61 Å². The van der Waals surface area contributed by atoms with E-state index in [1.165, 1.54) is 5.01 Å². The molecule has 2 aliphatic rings. The molecule has 2 heterocycles. The van der Waals surface area contributed by atoms with E-state index in [4.69, 9.17) is 13.9 Å². The van der Waals surface area contributed by atoms with Crippen molar-refractivity contribution in [2.24, 2.45) is 11.0 Å². The second-order valence-electron chi connectivity index (χ2n) is 6.63. The summed E-state index contributed by atoms with van der Waals surface area (Å²) in [6, 6.07) is 10.7. The van der Waals surface area contributed by atoms with Crippen molar-refractivity contribution in [1.82, 2.24) is 5.01 Å². The first-order chi connectivity index (χ1) is 13.2. The first-order valence-corrected chi connectivity index (χ1v) is 8.89. The number of carbonyl (C=O) groups is 2. The summed E-state index contributed by atoms with van der Waals surface area (Å²) in [6.07, 6.45) is 3.76. The molecule has 1 atom stereocenters. The van der Waals surface area contributed by atoms with Crippen LogP contribution in [0.15, 0.2) is 52.2 Å². The van der Waals surface area contributed by atoms with Gasteiger partial charge in [-0.2, -0.15) is 5.10 Å². The van der Waals surface area contributed by atoms with E-state index in [0.29, 0.717) is 12.2 Å². The Hall–Kier alpha value is -3.09. The highest BCUT2D eigenvalue weighted by molar-refractivity contribution is 6.03. The fraction of sp³-hybridized carbons (Fsp3) is 0.350. The van der Waals surface area contributed by atoms with Gasteiger partial charge in [0, 0.05) is 6.42 Å². The first kappa shape index (κ1) is 17.3. The van der Waals surface area contributed by atoms with E-state index in [9.17, 15) is 9.59 Å². The van der Waals surface area contributed by atoms with Crippen molar-refractivity contribution in [1.29, 1.82) is 0 Å². The van der Waals surface area contributed by atoms with Crippen molar-refractivity contribution < 1.29 is 23.5 Å². The molecular formula is C20H20N2O5. The molecule has 2 aromatic rings. The molecule has 27 heavy (non-hydrogen) atoms. The Bertz CT molecular complexity index is 853. The summed E-state index contributed by atoms with van der Waals surface area (Å²) in [4.78, 5) is 24.4. The van der Waals surface area contributed by atoms with Crippen molar-refractivity contribution >= 4 is 17.6 Å². The molecule has 1 fully saturated rings. The number of hydrazone groups is 1. The van der Waals surface area contributed by atoms with Crippen molar-refractivity contribution in [2.45, 2.75) is 25.3 Å². The van der Waals surface area contributed by atoms with E-state index in [0.717, 1.165) is 29.9 Å². The predicted octanol–water partition coefficient (Wildman–Crippen LogP) is 2.92. The van der Waals surface area contributed by atoms with Gasteiger partial charge in [0.1, 0.15) is 17.6 Å². The number of methoxy groups -OCH3 is 1. The Kier molecular flexibility index (Phi) is 4.66. The van der Waals surface area contributed by atoms with Crippen LogP contribution < -0.4 is 4.74 Å². The normalized spacial score (nSPS) is 18.9. The molecule has 7 heteroatoms. The van der Waals surface area contributed by atoms with Gasteiger partial charge in [-0.1, -0.05) is 0 Å². The van der Waals surface area contributed by atoms with E-state index in [1.54, 1.807) is 19.4 Å². The largest absolute Gasteiger partial charge is 0.497 e. The fourth-order valence-electron chi connectivity index (χ4n) is 3.04. The lowest BCUT2D eigenvalue weighted by Gasteiger charge is -2.19. The Morgan fingerprint density at radius 1 is 1.22 bits per heavy atom. The lowest BCUT2D eigenvalue weighted by Crippen LogP contribution is -2.31. The van der Waals surface area contributed by atoms with Crippen molar-refractivity contribution in [3.8, 4) is 5.75 Å². The van der Waals surface area contributed by atoms with Gasteiger partial charge in [-0.05, 0) is 54.8 Å². The second-order valence-corrected chi connectivity index (χ2v) is 6.63. The molecule has 0 unspecified atom stereocenters. The van der Waals surface area contributed by atoms with Crippen LogP contribution in [-0.4, -0.2) is 36.3 Å². The SMILES string of the molecule is COc1ccc(C2=NN(C(=O)COC(=O)C3CC3)[C@@H](c3ccco3)C2)cc1. The van der Waals surface area contributed by atoms with Gasteiger partial charge >= 0.3 is 5.97 Å². The summed E-state index contributed by atoms with van der Waals surface area (Å²) in [7, 11) is 1.61. The molecular weight excluding hydrogens is 348 g/mol. The van der Waals surface area contributed by atoms with Gasteiger partial charge in [-0.15, -0.1) is 0 Å². The zero-order valence-corrected chi connectivity index (χ0v) is 15.0. The minimum atomic E-state index is -0.367. The molecule has 0 spiro atoms. The van der Waals surface area contributed by atoms with Crippen LogP contribution in [0.1, 0.15) is 36.6 Å². The van der Waals surface area contributed by atoms with Gasteiger partial charge in [0.25, 0.3) is 5.91 Å². The summed E-state index contributed by atoms with van der Waals surface area (Å²) in [5.74, 6) is 0.671. The Balaban J connectivity index is 1.53. The number of benzene rings is 1. The average molecular weight is 368 g/mol. The molecule has 1 aromatic carbocycles. The minimum absolute atomic E-state index is 0.0457. The van der Waals surface area contributed by atoms with Crippen LogP contribution in [-0.2, 0) is 14.3 Å². The van der Waals surface area contributed by atoms with Crippen molar-refractivity contribution in [2.75, 3.05) is 13.7 Å². The molecule has 140 valence electrons. The number of hydrogen-bond acceptors (Lipinski definition) is 6. The topological polar surface area (TPSA) is 81.3 Å². The summed E-state index contributed by atoms with van der Waals surface area (Å²) in [6.45, 7) is -0.314. The Morgan fingerprint density at radius 2 is 2.00 bits per heavy atom. The highest BCUT2D eigenvalue weighted by Gasteiger charge is 2.36. The second kappa shape index (κ2) is 7.26. The smallest absolute Gasteiger partial charge is 0.309 e. The van der Waals surface area contributed by atoms with Crippen LogP contribution in [0.3, 0.4) is 0 Å². The van der Waals surface area contributed by atoms with Gasteiger partial charge in [0.05, 0.1) is 25.0 Å². The van der Waals surface area contributed by atoms with Crippen LogP contribution in [0.4, 0.5) is 0 Å². The van der Waals surface area contributed by atoms with E-state index >= 15 is 0 Å². The number of hydrogen-bond donors (Lipinski definition) is 0. The Labute approximate surface area is 156 Å².